The van der Waals surface area contributed by atoms with Crippen molar-refractivity contribution >= 4 is 40.9 Å². The molecule has 0 saturated carbocycles. The van der Waals surface area contributed by atoms with E-state index in [0.29, 0.717) is 21.4 Å². The maximum Gasteiger partial charge on any atom is 0.387 e. The number of amides is 1. The molecule has 1 fully saturated rings. The highest BCUT2D eigenvalue weighted by Crippen LogP contribution is 2.61. The van der Waals surface area contributed by atoms with Crippen LogP contribution in [0.15, 0.2) is 24.5 Å². The summed E-state index contributed by atoms with van der Waals surface area (Å²) in [5.74, 6) is -0.460. The Bertz CT molecular complexity index is 961. The minimum absolute atomic E-state index is 0.0159. The van der Waals surface area contributed by atoms with E-state index in [9.17, 15) is 13.6 Å². The van der Waals surface area contributed by atoms with Crippen molar-refractivity contribution in [1.29, 1.82) is 0 Å². The first-order chi connectivity index (χ1) is 13.8. The Balaban J connectivity index is 1.71. The van der Waals surface area contributed by atoms with Gasteiger partial charge in [-0.2, -0.15) is 20.5 Å². The third-order valence-electron chi connectivity index (χ3n) is 4.81. The number of alkyl halides is 2. The van der Waals surface area contributed by atoms with Gasteiger partial charge in [-0.3, -0.25) is 9.78 Å². The maximum atomic E-state index is 12.8. The predicted octanol–water partition coefficient (Wildman–Crippen LogP) is 4.33. The molecule has 29 heavy (non-hydrogen) atoms. The standard InChI is InChI=1S/C18H14Cl2F2N2O4S/c19-9-3-24-4-10(20)12(9)15-18(7-29-15)5-26-13-8(16(23)25)1-2-11(28-17(21)22)14(13)27-6-18/h1-4,15,17H,5-7H2,(H2,23,25). The third-order valence-corrected chi connectivity index (χ3v) is 7.22. The van der Waals surface area contributed by atoms with Crippen LogP contribution in [0, 0.1) is 5.41 Å². The first-order valence-electron chi connectivity index (χ1n) is 8.40. The molecule has 11 heteroatoms. The van der Waals surface area contributed by atoms with Crippen LogP contribution in [0.4, 0.5) is 8.78 Å². The number of thioether (sulfide) groups is 1. The summed E-state index contributed by atoms with van der Waals surface area (Å²) in [6.07, 6.45) is 3.00. The summed E-state index contributed by atoms with van der Waals surface area (Å²) in [7, 11) is 0. The van der Waals surface area contributed by atoms with Gasteiger partial charge in [0.25, 0.3) is 5.91 Å². The number of hydrogen-bond acceptors (Lipinski definition) is 6. The topological polar surface area (TPSA) is 83.7 Å². The first kappa shape index (κ1) is 20.3. The van der Waals surface area contributed by atoms with Crippen molar-refractivity contribution in [3.63, 3.8) is 0 Å². The van der Waals surface area contributed by atoms with Crippen molar-refractivity contribution in [3.8, 4) is 17.2 Å². The van der Waals surface area contributed by atoms with Gasteiger partial charge in [-0.15, -0.1) is 0 Å². The minimum Gasteiger partial charge on any atom is -0.488 e. The molecule has 0 aliphatic carbocycles. The second-order valence-electron chi connectivity index (χ2n) is 6.66. The molecule has 1 aromatic heterocycles. The fourth-order valence-electron chi connectivity index (χ4n) is 3.38. The predicted molar refractivity (Wildman–Crippen MR) is 104 cm³/mol. The monoisotopic (exact) mass is 462 g/mol. The molecule has 2 aliphatic rings. The van der Waals surface area contributed by atoms with Crippen molar-refractivity contribution in [1.82, 2.24) is 4.98 Å². The van der Waals surface area contributed by atoms with Crippen LogP contribution in [-0.2, 0) is 0 Å². The van der Waals surface area contributed by atoms with Crippen LogP contribution in [0.1, 0.15) is 21.2 Å². The highest BCUT2D eigenvalue weighted by Gasteiger charge is 2.53. The van der Waals surface area contributed by atoms with Gasteiger partial charge in [0.15, 0.2) is 11.5 Å². The Labute approximate surface area is 178 Å². The van der Waals surface area contributed by atoms with Gasteiger partial charge >= 0.3 is 6.61 Å². The van der Waals surface area contributed by atoms with Crippen molar-refractivity contribution in [3.05, 3.63) is 45.7 Å². The molecule has 2 N–H and O–H groups in total. The average molecular weight is 463 g/mol. The highest BCUT2D eigenvalue weighted by atomic mass is 35.5. The average Bonchev–Trinajstić information content (AvgIpc) is 2.85. The van der Waals surface area contributed by atoms with Gasteiger partial charge in [-0.25, -0.2) is 0 Å². The van der Waals surface area contributed by atoms with Crippen molar-refractivity contribution in [2.75, 3.05) is 19.0 Å². The Hall–Kier alpha value is -1.97. The normalized spacial score (nSPS) is 22.9. The van der Waals surface area contributed by atoms with Gasteiger partial charge in [-0.05, 0) is 12.1 Å². The lowest BCUT2D eigenvalue weighted by Gasteiger charge is -2.47. The lowest BCUT2D eigenvalue weighted by molar-refractivity contribution is -0.0517. The van der Waals surface area contributed by atoms with Crippen LogP contribution in [0.5, 0.6) is 17.2 Å². The third kappa shape index (κ3) is 3.55. The highest BCUT2D eigenvalue weighted by molar-refractivity contribution is 8.01. The summed E-state index contributed by atoms with van der Waals surface area (Å²) in [5, 5.41) is 0.655. The van der Waals surface area contributed by atoms with E-state index in [0.717, 1.165) is 0 Å². The summed E-state index contributed by atoms with van der Waals surface area (Å²) < 4.78 is 41.9. The SMILES string of the molecule is NC(=O)c1ccc(OC(F)F)c2c1OCC1(CO2)CSC1c1c(Cl)cncc1Cl. The smallest absolute Gasteiger partial charge is 0.387 e. The molecule has 1 amide bonds. The molecule has 0 bridgehead atoms. The number of pyridine rings is 1. The summed E-state index contributed by atoms with van der Waals surface area (Å²) in [6, 6.07) is 2.47. The maximum absolute atomic E-state index is 12.8. The number of rotatable bonds is 4. The summed E-state index contributed by atoms with van der Waals surface area (Å²) in [6.45, 7) is -2.81. The number of nitrogens with zero attached hydrogens (tertiary/aromatic N) is 1. The number of hydrogen-bond donors (Lipinski definition) is 1. The second kappa shape index (κ2) is 7.70. The van der Waals surface area contributed by atoms with Crippen LogP contribution in [0.2, 0.25) is 10.0 Å². The Morgan fingerprint density at radius 3 is 2.45 bits per heavy atom. The zero-order chi connectivity index (χ0) is 20.8. The number of carbonyl (C=O) groups excluding carboxylic acids is 1. The summed E-state index contributed by atoms with van der Waals surface area (Å²) in [5.41, 5.74) is 5.58. The van der Waals surface area contributed by atoms with Crippen molar-refractivity contribution in [2.24, 2.45) is 11.1 Å². The molecular formula is C18H14Cl2F2N2O4S. The van der Waals surface area contributed by atoms with Crippen molar-refractivity contribution in [2.45, 2.75) is 11.9 Å². The fraction of sp³-hybridized carbons (Fsp3) is 0.333. The number of primary amides is 1. The fourth-order valence-corrected chi connectivity index (χ4v) is 5.62. The van der Waals surface area contributed by atoms with E-state index in [1.165, 1.54) is 24.5 Å². The molecule has 0 radical (unpaired) electrons. The van der Waals surface area contributed by atoms with Crippen LogP contribution >= 0.6 is 35.0 Å². The Kier molecular flexibility index (Phi) is 5.39. The number of benzene rings is 1. The van der Waals surface area contributed by atoms with Crippen LogP contribution < -0.4 is 19.9 Å². The van der Waals surface area contributed by atoms with Gasteiger partial charge in [0.1, 0.15) is 0 Å². The molecule has 2 aliphatic heterocycles. The Morgan fingerprint density at radius 2 is 1.90 bits per heavy atom. The van der Waals surface area contributed by atoms with Crippen LogP contribution in [0.3, 0.4) is 0 Å². The van der Waals surface area contributed by atoms with E-state index in [1.807, 2.05) is 0 Å². The minimum atomic E-state index is -3.07. The number of nitrogens with two attached hydrogens (primary N) is 1. The van der Waals surface area contributed by atoms with E-state index in [4.69, 9.17) is 38.4 Å². The quantitative estimate of drug-likeness (QED) is 0.727. The zero-order valence-electron chi connectivity index (χ0n) is 14.7. The molecular weight excluding hydrogens is 449 g/mol. The molecule has 1 aromatic carbocycles. The molecule has 2 atom stereocenters. The molecule has 1 saturated heterocycles. The molecule has 4 rings (SSSR count). The molecule has 154 valence electrons. The van der Waals surface area contributed by atoms with E-state index < -0.39 is 17.9 Å². The van der Waals surface area contributed by atoms with E-state index >= 15 is 0 Å². The van der Waals surface area contributed by atoms with E-state index in [2.05, 4.69) is 9.72 Å². The zero-order valence-corrected chi connectivity index (χ0v) is 17.0. The Morgan fingerprint density at radius 1 is 1.24 bits per heavy atom. The summed E-state index contributed by atoms with van der Waals surface area (Å²) in [4.78, 5) is 15.8. The number of halogens is 4. The molecule has 6 nitrogen and oxygen atoms in total. The van der Waals surface area contributed by atoms with Gasteiger partial charge in [0, 0.05) is 29.0 Å². The van der Waals surface area contributed by atoms with E-state index in [1.54, 1.807) is 11.8 Å². The van der Waals surface area contributed by atoms with Gasteiger partial charge in [-0.1, -0.05) is 23.2 Å². The van der Waals surface area contributed by atoms with E-state index in [-0.39, 0.29) is 41.3 Å². The first-order valence-corrected chi connectivity index (χ1v) is 10.2. The molecule has 2 aromatic rings. The molecule has 2 unspecified atom stereocenters. The van der Waals surface area contributed by atoms with Gasteiger partial charge in [0.2, 0.25) is 5.75 Å². The van der Waals surface area contributed by atoms with Gasteiger partial charge < -0.3 is 19.9 Å². The largest absolute Gasteiger partial charge is 0.488 e. The number of ether oxygens (including phenoxy) is 3. The molecule has 1 spiro atoms. The van der Waals surface area contributed by atoms with Crippen molar-refractivity contribution < 1.29 is 27.8 Å². The number of carbonyl (C=O) groups is 1. The van der Waals surface area contributed by atoms with Crippen LogP contribution in [0.25, 0.3) is 0 Å². The lowest BCUT2D eigenvalue weighted by Crippen LogP contribution is -2.47. The van der Waals surface area contributed by atoms with Crippen LogP contribution in [-0.4, -0.2) is 36.5 Å². The lowest BCUT2D eigenvalue weighted by atomic mass is 9.83. The summed E-state index contributed by atoms with van der Waals surface area (Å²) >= 11 is 14.2. The number of fused-ring (bicyclic) bond motifs is 1. The number of aromatic nitrogens is 1. The second-order valence-corrected chi connectivity index (χ2v) is 8.57. The van der Waals surface area contributed by atoms with Gasteiger partial charge in [0.05, 0.1) is 34.2 Å². The molecule has 3 heterocycles.